The Morgan fingerprint density at radius 2 is 1.18 bits per heavy atom. The molecule has 0 saturated carbocycles. The Morgan fingerprint density at radius 3 is 1.68 bits per heavy atom. The van der Waals surface area contributed by atoms with Gasteiger partial charge in [0.1, 0.15) is 13.2 Å². The molecule has 0 bridgehead atoms. The van der Waals surface area contributed by atoms with Crippen LogP contribution in [0.1, 0.15) is 110 Å². The third kappa shape index (κ3) is 23.3. The molecule has 0 aliphatic carbocycles. The Balaban J connectivity index is 3.12. The topological polar surface area (TPSA) is 52.6 Å². The van der Waals surface area contributed by atoms with E-state index in [0.717, 1.165) is 24.3 Å². The molecular formula is C23H44O4S. The van der Waals surface area contributed by atoms with E-state index in [-0.39, 0.29) is 5.97 Å². The molecule has 0 amide bonds. The van der Waals surface area contributed by atoms with Gasteiger partial charge in [-0.2, -0.15) is 11.8 Å². The fraction of sp³-hybridized carbons (Fsp3) is 0.913. The second-order valence-electron chi connectivity index (χ2n) is 7.50. The largest absolute Gasteiger partial charge is 0.467 e. The third-order valence-electron chi connectivity index (χ3n) is 4.89. The van der Waals surface area contributed by atoms with E-state index in [1.807, 2.05) is 0 Å². The lowest BCUT2D eigenvalue weighted by Crippen LogP contribution is -2.08. The van der Waals surface area contributed by atoms with Gasteiger partial charge in [0.05, 0.1) is 0 Å². The predicted molar refractivity (Wildman–Crippen MR) is 120 cm³/mol. The van der Waals surface area contributed by atoms with Crippen molar-refractivity contribution in [1.29, 1.82) is 0 Å². The van der Waals surface area contributed by atoms with Crippen molar-refractivity contribution in [1.82, 2.24) is 0 Å². The van der Waals surface area contributed by atoms with Crippen molar-refractivity contribution in [2.45, 2.75) is 110 Å². The average molecular weight is 417 g/mol. The highest BCUT2D eigenvalue weighted by Gasteiger charge is 2.02. The average Bonchev–Trinajstić information content (AvgIpc) is 2.70. The molecule has 0 N–H and O–H groups in total. The van der Waals surface area contributed by atoms with Gasteiger partial charge in [-0.1, -0.05) is 96.8 Å². The van der Waals surface area contributed by atoms with Gasteiger partial charge in [-0.3, -0.25) is 9.59 Å². The second kappa shape index (κ2) is 24.3. The molecule has 0 atom stereocenters. The predicted octanol–water partition coefficient (Wildman–Crippen LogP) is 6.70. The smallest absolute Gasteiger partial charge is 0.305 e. The number of unbranched alkanes of at least 4 members (excludes halogenated alkanes) is 14. The zero-order valence-corrected chi connectivity index (χ0v) is 19.1. The van der Waals surface area contributed by atoms with Crippen LogP contribution in [0.5, 0.6) is 0 Å². The third-order valence-corrected chi connectivity index (χ3v) is 5.80. The summed E-state index contributed by atoms with van der Waals surface area (Å²) in [7, 11) is 0. The van der Waals surface area contributed by atoms with Crippen molar-refractivity contribution >= 4 is 24.2 Å². The van der Waals surface area contributed by atoms with Crippen LogP contribution in [0.3, 0.4) is 0 Å². The van der Waals surface area contributed by atoms with E-state index < -0.39 is 0 Å². The summed E-state index contributed by atoms with van der Waals surface area (Å²) in [6.07, 6.45) is 20.5. The van der Waals surface area contributed by atoms with Crippen molar-refractivity contribution < 1.29 is 19.1 Å². The van der Waals surface area contributed by atoms with Crippen LogP contribution >= 0.6 is 11.8 Å². The number of carbonyl (C=O) groups is 2. The summed E-state index contributed by atoms with van der Waals surface area (Å²) >= 11 is 1.62. The Labute approximate surface area is 177 Å². The van der Waals surface area contributed by atoms with Crippen LogP contribution in [-0.2, 0) is 19.1 Å². The lowest BCUT2D eigenvalue weighted by Gasteiger charge is -2.05. The molecule has 28 heavy (non-hydrogen) atoms. The monoisotopic (exact) mass is 416 g/mol. The molecule has 0 saturated heterocycles. The summed E-state index contributed by atoms with van der Waals surface area (Å²) in [6, 6.07) is 0. The lowest BCUT2D eigenvalue weighted by atomic mass is 10.0. The fourth-order valence-electron chi connectivity index (χ4n) is 3.18. The lowest BCUT2D eigenvalue weighted by molar-refractivity contribution is -0.143. The van der Waals surface area contributed by atoms with E-state index in [2.05, 4.69) is 11.7 Å². The number of carbonyl (C=O) groups excluding carboxylic acids is 2. The highest BCUT2D eigenvalue weighted by molar-refractivity contribution is 7.99. The zero-order chi connectivity index (χ0) is 20.5. The molecule has 5 heteroatoms. The molecule has 4 nitrogen and oxygen atoms in total. The quantitative estimate of drug-likeness (QED) is 0.105. The van der Waals surface area contributed by atoms with Crippen molar-refractivity contribution in [3.8, 4) is 0 Å². The van der Waals surface area contributed by atoms with Crippen LogP contribution in [0.15, 0.2) is 0 Å². The van der Waals surface area contributed by atoms with E-state index in [1.54, 1.807) is 11.8 Å². The molecular weight excluding hydrogens is 372 g/mol. The highest BCUT2D eigenvalue weighted by atomic mass is 32.2. The van der Waals surface area contributed by atoms with Gasteiger partial charge in [-0.15, -0.1) is 0 Å². The molecule has 0 radical (unpaired) electrons. The first-order valence-electron chi connectivity index (χ1n) is 11.6. The molecule has 0 aromatic carbocycles. The molecule has 0 aliphatic heterocycles. The summed E-state index contributed by atoms with van der Waals surface area (Å²) in [5.74, 6) is 1.42. The number of esters is 1. The van der Waals surface area contributed by atoms with Crippen molar-refractivity contribution in [3.63, 3.8) is 0 Å². The normalized spacial score (nSPS) is 10.8. The maximum absolute atomic E-state index is 11.6. The molecule has 166 valence electrons. The fourth-order valence-corrected chi connectivity index (χ4v) is 3.80. The van der Waals surface area contributed by atoms with E-state index in [4.69, 9.17) is 4.74 Å². The van der Waals surface area contributed by atoms with Gasteiger partial charge >= 0.3 is 5.97 Å². The van der Waals surface area contributed by atoms with Gasteiger partial charge in [-0.05, 0) is 6.42 Å². The summed E-state index contributed by atoms with van der Waals surface area (Å²) in [6.45, 7) is 3.59. The zero-order valence-electron chi connectivity index (χ0n) is 18.3. The molecule has 0 fully saturated rings. The number of thioether (sulfide) groups is 1. The van der Waals surface area contributed by atoms with Crippen LogP contribution in [-0.4, -0.2) is 37.2 Å². The molecule has 0 spiro atoms. The van der Waals surface area contributed by atoms with E-state index in [0.29, 0.717) is 26.1 Å². The van der Waals surface area contributed by atoms with Gasteiger partial charge in [0.25, 0.3) is 6.47 Å². The standard InChI is InChI=1S/C23H44O4S/c1-2-3-4-5-6-7-8-9-10-11-12-13-14-15-16-17-23(25)27-19-21-28-20-18-26-22-24/h22H,2-21H2,1H3. The molecule has 0 rings (SSSR count). The van der Waals surface area contributed by atoms with E-state index in [1.165, 1.54) is 83.5 Å². The maximum atomic E-state index is 11.6. The Bertz CT molecular complexity index is 337. The minimum absolute atomic E-state index is 0.0839. The van der Waals surface area contributed by atoms with Crippen LogP contribution in [0.4, 0.5) is 0 Å². The van der Waals surface area contributed by atoms with E-state index >= 15 is 0 Å². The minimum Gasteiger partial charge on any atom is -0.467 e. The van der Waals surface area contributed by atoms with Gasteiger partial charge < -0.3 is 9.47 Å². The van der Waals surface area contributed by atoms with Crippen molar-refractivity contribution in [2.75, 3.05) is 24.7 Å². The van der Waals surface area contributed by atoms with Crippen LogP contribution in [0.25, 0.3) is 0 Å². The molecule has 0 unspecified atom stereocenters. The minimum atomic E-state index is -0.0839. The Hall–Kier alpha value is -0.710. The highest BCUT2D eigenvalue weighted by Crippen LogP contribution is 2.13. The Kier molecular flexibility index (Phi) is 23.7. The second-order valence-corrected chi connectivity index (χ2v) is 8.72. The summed E-state index contributed by atoms with van der Waals surface area (Å²) in [5, 5.41) is 0. The van der Waals surface area contributed by atoms with Crippen molar-refractivity contribution in [3.05, 3.63) is 0 Å². The van der Waals surface area contributed by atoms with Gasteiger partial charge in [0.15, 0.2) is 0 Å². The van der Waals surface area contributed by atoms with Crippen LogP contribution in [0.2, 0.25) is 0 Å². The van der Waals surface area contributed by atoms with Crippen LogP contribution in [0, 0.1) is 0 Å². The molecule has 0 aromatic rings. The first kappa shape index (κ1) is 27.3. The number of ether oxygens (including phenoxy) is 2. The first-order valence-corrected chi connectivity index (χ1v) is 12.7. The number of hydrogen-bond donors (Lipinski definition) is 0. The summed E-state index contributed by atoms with van der Waals surface area (Å²) in [5.41, 5.74) is 0. The molecule has 0 aliphatic rings. The number of rotatable bonds is 23. The van der Waals surface area contributed by atoms with Gasteiger partial charge in [-0.25, -0.2) is 0 Å². The van der Waals surface area contributed by atoms with Crippen LogP contribution < -0.4 is 0 Å². The molecule has 0 aromatic heterocycles. The maximum Gasteiger partial charge on any atom is 0.305 e. The van der Waals surface area contributed by atoms with Gasteiger partial charge in [0.2, 0.25) is 0 Å². The first-order chi connectivity index (χ1) is 13.8. The Morgan fingerprint density at radius 1 is 0.714 bits per heavy atom. The van der Waals surface area contributed by atoms with E-state index in [9.17, 15) is 9.59 Å². The summed E-state index contributed by atoms with van der Waals surface area (Å²) in [4.78, 5) is 21.6. The SMILES string of the molecule is CCCCCCCCCCCCCCCCCC(=O)OCCSCCOC=O. The number of hydrogen-bond acceptors (Lipinski definition) is 5. The summed E-state index contributed by atoms with van der Waals surface area (Å²) < 4.78 is 9.79. The van der Waals surface area contributed by atoms with Gasteiger partial charge in [0, 0.05) is 17.9 Å². The van der Waals surface area contributed by atoms with Crippen molar-refractivity contribution in [2.24, 2.45) is 0 Å². The molecule has 0 heterocycles.